The van der Waals surface area contributed by atoms with Crippen LogP contribution in [0, 0.1) is 0 Å². The van der Waals surface area contributed by atoms with E-state index in [9.17, 15) is 9.90 Å². The topological polar surface area (TPSA) is 71.6 Å². The van der Waals surface area contributed by atoms with Gasteiger partial charge >= 0.3 is 12.0 Å². The molecule has 0 spiro atoms. The quantitative estimate of drug-likeness (QED) is 0.847. The molecule has 0 radical (unpaired) electrons. The zero-order valence-corrected chi connectivity index (χ0v) is 14.5. The highest BCUT2D eigenvalue weighted by molar-refractivity contribution is 7.16. The van der Waals surface area contributed by atoms with Crippen LogP contribution in [0.2, 0.25) is 0 Å². The number of hydrogen-bond acceptors (Lipinski definition) is 5. The Morgan fingerprint density at radius 1 is 1.30 bits per heavy atom. The molecule has 0 amide bonds. The van der Waals surface area contributed by atoms with Gasteiger partial charge in [-0.15, -0.1) is 0 Å². The van der Waals surface area contributed by atoms with Crippen LogP contribution in [0.5, 0.6) is 0 Å². The monoisotopic (exact) mass is 333 g/mol. The predicted molar refractivity (Wildman–Crippen MR) is 93.6 cm³/mol. The molecular weight excluding hydrogens is 313 g/mol. The Labute approximate surface area is 139 Å². The van der Waals surface area contributed by atoms with Crippen molar-refractivity contribution in [3.63, 3.8) is 0 Å². The van der Waals surface area contributed by atoms with Crippen LogP contribution in [0.15, 0.2) is 28.5 Å². The SMILES string of the molecule is CC1(C)OB(C(=Cc2ccc3[nH]c(=O)sc3c2)CO)OC1(C)C. The Hall–Kier alpha value is -1.41. The van der Waals surface area contributed by atoms with E-state index in [1.807, 2.05) is 52.0 Å². The summed E-state index contributed by atoms with van der Waals surface area (Å²) in [7, 11) is -0.578. The molecule has 1 aliphatic rings. The number of nitrogens with one attached hydrogen (secondary N) is 1. The molecule has 5 nitrogen and oxygen atoms in total. The van der Waals surface area contributed by atoms with E-state index >= 15 is 0 Å². The van der Waals surface area contributed by atoms with E-state index in [-0.39, 0.29) is 11.5 Å². The molecule has 0 aliphatic carbocycles. The van der Waals surface area contributed by atoms with E-state index in [0.717, 1.165) is 15.8 Å². The lowest BCUT2D eigenvalue weighted by Gasteiger charge is -2.32. The Morgan fingerprint density at radius 2 is 1.96 bits per heavy atom. The molecule has 1 fully saturated rings. The van der Waals surface area contributed by atoms with Crippen LogP contribution >= 0.6 is 11.3 Å². The highest BCUT2D eigenvalue weighted by Crippen LogP contribution is 2.38. The van der Waals surface area contributed by atoms with Crippen molar-refractivity contribution in [3.05, 3.63) is 38.9 Å². The molecule has 2 heterocycles. The standard InChI is InChI=1S/C16H20BNO4S/c1-15(2)16(3,4)22-17(21-15)11(9-19)7-10-5-6-12-13(8-10)23-14(20)18-12/h5-8,19H,9H2,1-4H3,(H,18,20). The lowest BCUT2D eigenvalue weighted by Crippen LogP contribution is -2.41. The van der Waals surface area contributed by atoms with E-state index in [1.54, 1.807) is 0 Å². The Bertz CT molecular complexity index is 805. The molecule has 2 aromatic rings. The molecule has 1 aliphatic heterocycles. The minimum absolute atomic E-state index is 0.0746. The summed E-state index contributed by atoms with van der Waals surface area (Å²) < 4.78 is 12.8. The van der Waals surface area contributed by atoms with Crippen molar-refractivity contribution in [1.29, 1.82) is 0 Å². The van der Waals surface area contributed by atoms with Crippen molar-refractivity contribution in [1.82, 2.24) is 4.98 Å². The molecule has 0 unspecified atom stereocenters. The highest BCUT2D eigenvalue weighted by Gasteiger charge is 2.52. The van der Waals surface area contributed by atoms with Gasteiger partial charge in [-0.1, -0.05) is 23.5 Å². The Morgan fingerprint density at radius 3 is 2.57 bits per heavy atom. The third-order valence-corrected chi connectivity index (χ3v) is 5.38. The molecule has 1 aromatic carbocycles. The van der Waals surface area contributed by atoms with Crippen LogP contribution in [0.3, 0.4) is 0 Å². The molecule has 0 saturated carbocycles. The smallest absolute Gasteiger partial charge is 0.400 e. The summed E-state index contributed by atoms with van der Waals surface area (Å²) >= 11 is 1.17. The molecule has 1 saturated heterocycles. The van der Waals surface area contributed by atoms with Gasteiger partial charge in [0.15, 0.2) is 0 Å². The molecule has 0 bridgehead atoms. The fourth-order valence-electron chi connectivity index (χ4n) is 2.45. The zero-order valence-electron chi connectivity index (χ0n) is 13.7. The normalized spacial score (nSPS) is 20.4. The number of aliphatic hydroxyl groups is 1. The van der Waals surface area contributed by atoms with E-state index in [1.165, 1.54) is 11.3 Å². The van der Waals surface area contributed by atoms with Crippen molar-refractivity contribution in [2.24, 2.45) is 0 Å². The van der Waals surface area contributed by atoms with Crippen LogP contribution < -0.4 is 4.87 Å². The lowest BCUT2D eigenvalue weighted by molar-refractivity contribution is 0.00578. The van der Waals surface area contributed by atoms with Crippen molar-refractivity contribution >= 4 is 34.7 Å². The summed E-state index contributed by atoms with van der Waals surface area (Å²) in [5.41, 5.74) is 1.47. The highest BCUT2D eigenvalue weighted by atomic mass is 32.1. The number of benzene rings is 1. The third-order valence-electron chi connectivity index (χ3n) is 4.54. The van der Waals surface area contributed by atoms with Gasteiger partial charge in [-0.3, -0.25) is 4.79 Å². The molecular formula is C16H20BNO4S. The maximum atomic E-state index is 11.4. The number of rotatable bonds is 3. The first kappa shape index (κ1) is 16.5. The lowest BCUT2D eigenvalue weighted by atomic mass is 9.77. The predicted octanol–water partition coefficient (Wildman–Crippen LogP) is 2.60. The number of hydrogen-bond donors (Lipinski definition) is 2. The Balaban J connectivity index is 1.93. The van der Waals surface area contributed by atoms with Crippen LogP contribution in [0.4, 0.5) is 0 Å². The average molecular weight is 333 g/mol. The summed E-state index contributed by atoms with van der Waals surface area (Å²) in [6.45, 7) is 7.76. The molecule has 7 heteroatoms. The first-order valence-electron chi connectivity index (χ1n) is 7.52. The van der Waals surface area contributed by atoms with E-state index in [2.05, 4.69) is 4.98 Å². The molecule has 122 valence electrons. The second-order valence-corrected chi connectivity index (χ2v) is 7.75. The van der Waals surface area contributed by atoms with Gasteiger partial charge in [-0.2, -0.15) is 0 Å². The number of aliphatic hydroxyl groups excluding tert-OH is 1. The number of H-pyrrole nitrogens is 1. The molecule has 3 rings (SSSR count). The van der Waals surface area contributed by atoms with Crippen LogP contribution in [0.1, 0.15) is 33.3 Å². The summed E-state index contributed by atoms with van der Waals surface area (Å²) in [4.78, 5) is 14.1. The fraction of sp³-hybridized carbons (Fsp3) is 0.438. The van der Waals surface area contributed by atoms with E-state index < -0.39 is 18.3 Å². The van der Waals surface area contributed by atoms with Crippen LogP contribution in [-0.2, 0) is 9.31 Å². The van der Waals surface area contributed by atoms with Gasteiger partial charge in [0.05, 0.1) is 28.0 Å². The van der Waals surface area contributed by atoms with Crippen LogP contribution in [0.25, 0.3) is 16.3 Å². The van der Waals surface area contributed by atoms with Crippen LogP contribution in [-0.4, -0.2) is 35.0 Å². The van der Waals surface area contributed by atoms with Gasteiger partial charge in [0.1, 0.15) is 0 Å². The first-order valence-corrected chi connectivity index (χ1v) is 8.33. The van der Waals surface area contributed by atoms with Crippen molar-refractivity contribution < 1.29 is 14.4 Å². The van der Waals surface area contributed by atoms with E-state index in [4.69, 9.17) is 9.31 Å². The third kappa shape index (κ3) is 3.02. The zero-order chi connectivity index (χ0) is 16.8. The Kier molecular flexibility index (Phi) is 4.00. The maximum absolute atomic E-state index is 11.4. The molecule has 0 atom stereocenters. The summed E-state index contributed by atoms with van der Waals surface area (Å²) in [5, 5.41) is 9.72. The number of fused-ring (bicyclic) bond motifs is 1. The molecule has 1 aromatic heterocycles. The maximum Gasteiger partial charge on any atom is 0.492 e. The first-order chi connectivity index (χ1) is 10.7. The van der Waals surface area contributed by atoms with Gasteiger partial charge in [0, 0.05) is 0 Å². The summed E-state index contributed by atoms with van der Waals surface area (Å²) in [6, 6.07) is 5.67. The largest absolute Gasteiger partial charge is 0.492 e. The second kappa shape index (κ2) is 5.59. The summed E-state index contributed by atoms with van der Waals surface area (Å²) in [5.74, 6) is 0. The average Bonchev–Trinajstić information content (AvgIpc) is 2.91. The summed E-state index contributed by atoms with van der Waals surface area (Å²) in [6.07, 6.45) is 1.85. The van der Waals surface area contributed by atoms with Crippen molar-refractivity contribution in [2.75, 3.05) is 6.61 Å². The minimum Gasteiger partial charge on any atom is -0.400 e. The van der Waals surface area contributed by atoms with Gasteiger partial charge in [0.2, 0.25) is 0 Å². The second-order valence-electron chi connectivity index (χ2n) is 6.74. The molecule has 2 N–H and O–H groups in total. The van der Waals surface area contributed by atoms with Gasteiger partial charge in [-0.25, -0.2) is 0 Å². The van der Waals surface area contributed by atoms with Gasteiger partial charge < -0.3 is 19.4 Å². The van der Waals surface area contributed by atoms with Gasteiger partial charge in [-0.05, 0) is 50.9 Å². The van der Waals surface area contributed by atoms with E-state index in [0.29, 0.717) is 5.47 Å². The molecule has 23 heavy (non-hydrogen) atoms. The number of aromatic nitrogens is 1. The van der Waals surface area contributed by atoms with Gasteiger partial charge in [0.25, 0.3) is 0 Å². The number of aromatic amines is 1. The fourth-order valence-corrected chi connectivity index (χ4v) is 3.23. The van der Waals surface area contributed by atoms with Crippen molar-refractivity contribution in [3.8, 4) is 0 Å². The van der Waals surface area contributed by atoms with Crippen molar-refractivity contribution in [2.45, 2.75) is 38.9 Å². The minimum atomic E-state index is -0.578. The number of thiazole rings is 1.